The van der Waals surface area contributed by atoms with Gasteiger partial charge in [-0.15, -0.1) is 0 Å². The summed E-state index contributed by atoms with van der Waals surface area (Å²) in [5.74, 6) is -0.403. The number of hydrogen-bond donors (Lipinski definition) is 1. The van der Waals surface area contributed by atoms with Crippen LogP contribution in [0.2, 0.25) is 0 Å². The van der Waals surface area contributed by atoms with Crippen molar-refractivity contribution in [1.29, 1.82) is 0 Å². The average molecular weight is 299 g/mol. The third kappa shape index (κ3) is 4.34. The molecule has 0 atom stereocenters. The van der Waals surface area contributed by atoms with E-state index in [-0.39, 0.29) is 12.5 Å². The summed E-state index contributed by atoms with van der Waals surface area (Å²) in [5.41, 5.74) is 0.882. The maximum atomic E-state index is 12.2. The Balaban J connectivity index is 2.07. The molecule has 5 nitrogen and oxygen atoms in total. The summed E-state index contributed by atoms with van der Waals surface area (Å²) in [7, 11) is 0. The number of para-hydroxylation sites is 2. The zero-order chi connectivity index (χ0) is 15.8. The molecule has 0 amide bonds. The van der Waals surface area contributed by atoms with E-state index in [4.69, 9.17) is 9.47 Å². The molecule has 5 heteroatoms. The van der Waals surface area contributed by atoms with Crippen LogP contribution < -0.4 is 10.1 Å². The second-order valence-corrected chi connectivity index (χ2v) is 4.41. The summed E-state index contributed by atoms with van der Waals surface area (Å²) in [5, 5.41) is 2.89. The van der Waals surface area contributed by atoms with Gasteiger partial charge in [-0.2, -0.15) is 0 Å². The topological polar surface area (TPSA) is 64.6 Å². The van der Waals surface area contributed by atoms with E-state index in [0.717, 1.165) is 0 Å². The Morgan fingerprint density at radius 1 is 1.00 bits per heavy atom. The molecule has 0 aliphatic carbocycles. The molecule has 22 heavy (non-hydrogen) atoms. The number of carbonyl (C=O) groups is 2. The molecule has 0 aromatic heterocycles. The average Bonchev–Trinajstić information content (AvgIpc) is 2.54. The zero-order valence-electron chi connectivity index (χ0n) is 12.2. The molecule has 0 saturated heterocycles. The molecule has 2 rings (SSSR count). The van der Waals surface area contributed by atoms with Crippen molar-refractivity contribution < 1.29 is 19.1 Å². The highest BCUT2D eigenvalue weighted by atomic mass is 16.5. The van der Waals surface area contributed by atoms with E-state index < -0.39 is 5.97 Å². The molecular formula is C17H17NO4. The molecule has 0 unspecified atom stereocenters. The first kappa shape index (κ1) is 15.6. The largest absolute Gasteiger partial charge is 0.465 e. The number of benzene rings is 2. The van der Waals surface area contributed by atoms with Gasteiger partial charge in [-0.3, -0.25) is 4.79 Å². The van der Waals surface area contributed by atoms with Crippen LogP contribution in [-0.4, -0.2) is 25.1 Å². The van der Waals surface area contributed by atoms with Gasteiger partial charge in [-0.1, -0.05) is 30.3 Å². The van der Waals surface area contributed by atoms with E-state index >= 15 is 0 Å². The second-order valence-electron chi connectivity index (χ2n) is 4.41. The molecular weight excluding hydrogens is 282 g/mol. The molecule has 2 aromatic carbocycles. The van der Waals surface area contributed by atoms with E-state index in [1.165, 1.54) is 0 Å². The number of esters is 2. The van der Waals surface area contributed by atoms with Crippen molar-refractivity contribution in [1.82, 2.24) is 0 Å². The van der Waals surface area contributed by atoms with Crippen molar-refractivity contribution >= 4 is 17.6 Å². The quantitative estimate of drug-likeness (QED) is 0.656. The highest BCUT2D eigenvalue weighted by Crippen LogP contribution is 2.18. The fourth-order valence-corrected chi connectivity index (χ4v) is 1.85. The van der Waals surface area contributed by atoms with Crippen molar-refractivity contribution in [2.75, 3.05) is 18.5 Å². The first-order valence-electron chi connectivity index (χ1n) is 6.96. The van der Waals surface area contributed by atoms with Crippen LogP contribution in [-0.2, 0) is 9.53 Å². The molecule has 0 fully saturated rings. The van der Waals surface area contributed by atoms with Gasteiger partial charge in [-0.25, -0.2) is 4.79 Å². The molecule has 2 aromatic rings. The Kier molecular flexibility index (Phi) is 5.54. The summed E-state index contributed by atoms with van der Waals surface area (Å²) in [6.07, 6.45) is 0. The number of nitrogens with one attached hydrogen (secondary N) is 1. The van der Waals surface area contributed by atoms with E-state index in [1.807, 2.05) is 6.07 Å². The summed E-state index contributed by atoms with van der Waals surface area (Å²) in [6.45, 7) is 2.05. The third-order valence-corrected chi connectivity index (χ3v) is 2.83. The predicted octanol–water partition coefficient (Wildman–Crippen LogP) is 2.88. The fraction of sp³-hybridized carbons (Fsp3) is 0.176. The van der Waals surface area contributed by atoms with Gasteiger partial charge in [0.1, 0.15) is 12.3 Å². The highest BCUT2D eigenvalue weighted by Gasteiger charge is 2.14. The van der Waals surface area contributed by atoms with E-state index in [0.29, 0.717) is 23.6 Å². The van der Waals surface area contributed by atoms with Gasteiger partial charge < -0.3 is 14.8 Å². The lowest BCUT2D eigenvalue weighted by atomic mass is 10.2. The SMILES string of the molecule is CCOC(=O)CNc1ccccc1C(=O)Oc1ccccc1. The molecule has 0 bridgehead atoms. The summed E-state index contributed by atoms with van der Waals surface area (Å²) >= 11 is 0. The first-order chi connectivity index (χ1) is 10.7. The van der Waals surface area contributed by atoms with Crippen LogP contribution in [0.4, 0.5) is 5.69 Å². The third-order valence-electron chi connectivity index (χ3n) is 2.83. The molecule has 1 N–H and O–H groups in total. The van der Waals surface area contributed by atoms with Crippen molar-refractivity contribution in [2.45, 2.75) is 6.92 Å². The molecule has 0 heterocycles. The number of carbonyl (C=O) groups excluding carboxylic acids is 2. The lowest BCUT2D eigenvalue weighted by Gasteiger charge is -2.11. The maximum Gasteiger partial charge on any atom is 0.345 e. The zero-order valence-corrected chi connectivity index (χ0v) is 12.2. The van der Waals surface area contributed by atoms with Crippen LogP contribution in [0.5, 0.6) is 5.75 Å². The Morgan fingerprint density at radius 3 is 2.41 bits per heavy atom. The summed E-state index contributed by atoms with van der Waals surface area (Å²) < 4.78 is 10.1. The van der Waals surface area contributed by atoms with Crippen molar-refractivity contribution in [3.05, 3.63) is 60.2 Å². The lowest BCUT2D eigenvalue weighted by molar-refractivity contribution is -0.140. The Labute approximate surface area is 128 Å². The van der Waals surface area contributed by atoms with Gasteiger partial charge in [-0.05, 0) is 31.2 Å². The predicted molar refractivity (Wildman–Crippen MR) is 83.0 cm³/mol. The second kappa shape index (κ2) is 7.83. The normalized spacial score (nSPS) is 9.86. The number of hydrogen-bond acceptors (Lipinski definition) is 5. The molecule has 0 radical (unpaired) electrons. The van der Waals surface area contributed by atoms with Crippen LogP contribution in [0.15, 0.2) is 54.6 Å². The fourth-order valence-electron chi connectivity index (χ4n) is 1.85. The monoisotopic (exact) mass is 299 g/mol. The number of anilines is 1. The smallest absolute Gasteiger partial charge is 0.345 e. The van der Waals surface area contributed by atoms with Gasteiger partial charge >= 0.3 is 11.9 Å². The van der Waals surface area contributed by atoms with Gasteiger partial charge in [0, 0.05) is 5.69 Å². The van der Waals surface area contributed by atoms with Crippen LogP contribution in [0.3, 0.4) is 0 Å². The summed E-state index contributed by atoms with van der Waals surface area (Å²) in [6, 6.07) is 15.7. The molecule has 0 saturated carbocycles. The molecule has 0 aliphatic heterocycles. The summed E-state index contributed by atoms with van der Waals surface area (Å²) in [4.78, 5) is 23.6. The van der Waals surface area contributed by atoms with Crippen LogP contribution in [0.25, 0.3) is 0 Å². The van der Waals surface area contributed by atoms with Gasteiger partial charge in [0.2, 0.25) is 0 Å². The maximum absolute atomic E-state index is 12.2. The number of ether oxygens (including phenoxy) is 2. The highest BCUT2D eigenvalue weighted by molar-refractivity contribution is 5.97. The minimum absolute atomic E-state index is 0.0104. The number of rotatable bonds is 6. The van der Waals surface area contributed by atoms with Crippen molar-refractivity contribution in [3.8, 4) is 5.75 Å². The van der Waals surface area contributed by atoms with Crippen LogP contribution in [0, 0.1) is 0 Å². The Bertz CT molecular complexity index is 640. The Hall–Kier alpha value is -2.82. The minimum Gasteiger partial charge on any atom is -0.465 e. The van der Waals surface area contributed by atoms with E-state index in [1.54, 1.807) is 55.5 Å². The van der Waals surface area contributed by atoms with Crippen LogP contribution in [0.1, 0.15) is 17.3 Å². The minimum atomic E-state index is -0.488. The van der Waals surface area contributed by atoms with Gasteiger partial charge in [0.15, 0.2) is 0 Å². The Morgan fingerprint density at radius 2 is 1.68 bits per heavy atom. The van der Waals surface area contributed by atoms with Gasteiger partial charge in [0.05, 0.1) is 12.2 Å². The first-order valence-corrected chi connectivity index (χ1v) is 6.96. The molecule has 114 valence electrons. The molecule has 0 aliphatic rings. The van der Waals surface area contributed by atoms with Gasteiger partial charge in [0.25, 0.3) is 0 Å². The van der Waals surface area contributed by atoms with Crippen LogP contribution >= 0.6 is 0 Å². The standard InChI is InChI=1S/C17H17NO4/c1-2-21-16(19)12-18-15-11-7-6-10-14(15)17(20)22-13-8-4-3-5-9-13/h3-11,18H,2,12H2,1H3. The lowest BCUT2D eigenvalue weighted by Crippen LogP contribution is -2.19. The van der Waals surface area contributed by atoms with E-state index in [9.17, 15) is 9.59 Å². The van der Waals surface area contributed by atoms with E-state index in [2.05, 4.69) is 5.32 Å². The van der Waals surface area contributed by atoms with Crippen molar-refractivity contribution in [3.63, 3.8) is 0 Å². The van der Waals surface area contributed by atoms with Crippen molar-refractivity contribution in [2.24, 2.45) is 0 Å². The molecule has 0 spiro atoms.